The summed E-state index contributed by atoms with van der Waals surface area (Å²) in [6, 6.07) is 16.4. The molecule has 25 heteroatoms. The molecule has 0 unspecified atom stereocenters. The summed E-state index contributed by atoms with van der Waals surface area (Å²) in [6.07, 6.45) is 2.73. The second-order valence-corrected chi connectivity index (χ2v) is 18.1. The van der Waals surface area contributed by atoms with Crippen molar-refractivity contribution in [1.82, 2.24) is 42.5 Å². The lowest BCUT2D eigenvalue weighted by Gasteiger charge is -2.26. The van der Waals surface area contributed by atoms with Crippen molar-refractivity contribution >= 4 is 59.2 Å². The van der Waals surface area contributed by atoms with Crippen LogP contribution in [-0.2, 0) is 62.4 Å². The van der Waals surface area contributed by atoms with Gasteiger partial charge in [-0.2, -0.15) is 0 Å². The van der Waals surface area contributed by atoms with Crippen LogP contribution < -0.4 is 71.2 Å². The lowest BCUT2D eigenvalue weighted by Crippen LogP contribution is -2.60. The van der Waals surface area contributed by atoms with Crippen molar-refractivity contribution in [3.63, 3.8) is 0 Å². The molecule has 0 saturated heterocycles. The van der Waals surface area contributed by atoms with E-state index in [0.717, 1.165) is 0 Å². The van der Waals surface area contributed by atoms with Gasteiger partial charge in [-0.3, -0.25) is 43.3 Å². The Morgan fingerprint density at radius 3 is 1.36 bits per heavy atom. The average molecular weight is 1070 g/mol. The van der Waals surface area contributed by atoms with E-state index in [1.807, 2.05) is 0 Å². The third kappa shape index (κ3) is 24.9. The van der Waals surface area contributed by atoms with Crippen molar-refractivity contribution in [2.75, 3.05) is 39.3 Å². The molecule has 0 saturated carbocycles. The highest BCUT2D eigenvalue weighted by Gasteiger charge is 2.33. The SMILES string of the molecule is NCCCC[C@H](NC(=O)[C@@H](N)CCCCN)C(=O)NCC(=O)NCC(=O)N[C@@H](Cc1ccccc1)C(=O)N[C@@H](CO)C(=O)N[C@@H](Cc1ccccc1)C(=O)N[C@@H](CCCN=C(N)N)C(=O)N[C@@H](Cc1ccccc1)C(=O)O. The van der Waals surface area contributed by atoms with Gasteiger partial charge in [-0.15, -0.1) is 0 Å². The number of rotatable bonds is 36. The fourth-order valence-electron chi connectivity index (χ4n) is 7.68. The second kappa shape index (κ2) is 35.3. The van der Waals surface area contributed by atoms with Crippen LogP contribution in [0.4, 0.5) is 0 Å². The van der Waals surface area contributed by atoms with Gasteiger partial charge < -0.3 is 81.4 Å². The zero-order chi connectivity index (χ0) is 56.5. The van der Waals surface area contributed by atoms with Crippen LogP contribution in [0.3, 0.4) is 0 Å². The number of carbonyl (C=O) groups excluding carboxylic acids is 8. The summed E-state index contributed by atoms with van der Waals surface area (Å²) in [5.74, 6) is -8.02. The van der Waals surface area contributed by atoms with Crippen molar-refractivity contribution in [2.24, 2.45) is 33.7 Å². The molecule has 420 valence electrons. The number of aliphatic hydroxyl groups is 1. The molecule has 0 fully saturated rings. The number of carbonyl (C=O) groups is 9. The van der Waals surface area contributed by atoms with Gasteiger partial charge in [-0.05, 0) is 74.7 Å². The monoisotopic (exact) mass is 1070 g/mol. The van der Waals surface area contributed by atoms with Crippen molar-refractivity contribution in [2.45, 2.75) is 113 Å². The molecule has 0 radical (unpaired) electrons. The highest BCUT2D eigenvalue weighted by Crippen LogP contribution is 2.10. The van der Waals surface area contributed by atoms with Crippen LogP contribution in [0, 0.1) is 0 Å². The molecule has 0 bridgehead atoms. The minimum Gasteiger partial charge on any atom is -0.480 e. The number of nitrogens with zero attached hydrogens (tertiary/aromatic N) is 1. The highest BCUT2D eigenvalue weighted by molar-refractivity contribution is 5.97. The van der Waals surface area contributed by atoms with E-state index < -0.39 is 115 Å². The summed E-state index contributed by atoms with van der Waals surface area (Å²) in [5, 5.41) is 40.6. The maximum Gasteiger partial charge on any atom is 0.326 e. The molecule has 25 nitrogen and oxygen atoms in total. The highest BCUT2D eigenvalue weighted by atomic mass is 16.4. The molecule has 0 aliphatic heterocycles. The standard InChI is InChI=1S/C52H76N14O11/c53-24-12-10-21-36(55)45(70)62-37(22-11-13-25-54)46(71)60-30-43(68)59-31-44(69)61-39(27-33-15-4-1-5-16-33)48(73)66-42(32-67)50(75)64-40(28-34-17-6-2-7-18-34)49(74)63-38(23-14-26-58-52(56)57)47(72)65-41(51(76)77)29-35-19-8-3-9-20-35/h1-9,15-20,36-42,67H,10-14,21-32,53-55H2,(H,59,68)(H,60,71)(H,61,69)(H,62,70)(H,63,74)(H,64,75)(H,65,72)(H,66,73)(H,76,77)(H4,56,57,58)/t36-,37-,38-,39-,40-,41-,42-/m0/s1. The Morgan fingerprint density at radius 1 is 0.455 bits per heavy atom. The number of nitrogens with two attached hydrogens (primary N) is 5. The van der Waals surface area contributed by atoms with Gasteiger partial charge in [0.05, 0.1) is 25.7 Å². The normalized spacial score (nSPS) is 13.6. The molecule has 0 heterocycles. The van der Waals surface area contributed by atoms with Crippen molar-refractivity contribution in [1.29, 1.82) is 0 Å². The van der Waals surface area contributed by atoms with E-state index in [-0.39, 0.29) is 51.0 Å². The van der Waals surface area contributed by atoms with Gasteiger partial charge in [0.1, 0.15) is 36.3 Å². The van der Waals surface area contributed by atoms with Gasteiger partial charge in [0.25, 0.3) is 0 Å². The van der Waals surface area contributed by atoms with Crippen LogP contribution in [0.5, 0.6) is 0 Å². The molecule has 3 aromatic carbocycles. The largest absolute Gasteiger partial charge is 0.480 e. The molecular formula is C52H76N14O11. The second-order valence-electron chi connectivity index (χ2n) is 18.1. The number of aliphatic carboxylic acids is 1. The van der Waals surface area contributed by atoms with Crippen LogP contribution in [0.2, 0.25) is 0 Å². The number of nitrogens with one attached hydrogen (secondary N) is 8. The molecular weight excluding hydrogens is 997 g/mol. The van der Waals surface area contributed by atoms with E-state index in [2.05, 4.69) is 47.5 Å². The number of unbranched alkanes of at least 4 members (excludes halogenated alkanes) is 2. The molecule has 3 rings (SSSR count). The number of carboxylic acids is 1. The van der Waals surface area contributed by atoms with Crippen LogP contribution in [0.15, 0.2) is 96.0 Å². The van der Waals surface area contributed by atoms with E-state index in [1.54, 1.807) is 91.0 Å². The Hall–Kier alpha value is -8.00. The number of hydrogen-bond acceptors (Lipinski definition) is 14. The Morgan fingerprint density at radius 2 is 0.857 bits per heavy atom. The quantitative estimate of drug-likeness (QED) is 0.0153. The Kier molecular flexibility index (Phi) is 29.0. The number of hydrogen-bond donors (Lipinski definition) is 15. The predicted molar refractivity (Wildman–Crippen MR) is 286 cm³/mol. The third-order valence-corrected chi connectivity index (χ3v) is 11.9. The van der Waals surface area contributed by atoms with E-state index in [4.69, 9.17) is 28.7 Å². The molecule has 7 atom stereocenters. The summed E-state index contributed by atoms with van der Waals surface area (Å²) in [6.45, 7) is -1.34. The van der Waals surface area contributed by atoms with Gasteiger partial charge in [0.15, 0.2) is 5.96 Å². The van der Waals surface area contributed by atoms with Crippen molar-refractivity contribution < 1.29 is 53.4 Å². The van der Waals surface area contributed by atoms with E-state index in [9.17, 15) is 53.4 Å². The van der Waals surface area contributed by atoms with E-state index >= 15 is 0 Å². The molecule has 8 amide bonds. The van der Waals surface area contributed by atoms with Gasteiger partial charge in [-0.25, -0.2) is 4.79 Å². The maximum atomic E-state index is 14.2. The Balaban J connectivity index is 1.75. The van der Waals surface area contributed by atoms with Crippen LogP contribution in [-0.4, -0.2) is 151 Å². The number of carboxylic acid groups (broad SMARTS) is 1. The molecule has 20 N–H and O–H groups in total. The van der Waals surface area contributed by atoms with Gasteiger partial charge >= 0.3 is 5.97 Å². The minimum atomic E-state index is -1.70. The average Bonchev–Trinajstić information content (AvgIpc) is 3.41. The maximum absolute atomic E-state index is 14.2. The predicted octanol–water partition coefficient (Wildman–Crippen LogP) is -3.43. The van der Waals surface area contributed by atoms with Crippen molar-refractivity contribution in [3.8, 4) is 0 Å². The first-order valence-electron chi connectivity index (χ1n) is 25.5. The number of aliphatic imine (C=N–C) groups is 1. The summed E-state index contributed by atoms with van der Waals surface area (Å²) >= 11 is 0. The molecule has 0 aliphatic carbocycles. The lowest BCUT2D eigenvalue weighted by atomic mass is 10.0. The smallest absolute Gasteiger partial charge is 0.326 e. The van der Waals surface area contributed by atoms with Crippen LogP contribution >= 0.6 is 0 Å². The molecule has 0 aliphatic rings. The number of amides is 8. The van der Waals surface area contributed by atoms with Crippen molar-refractivity contribution in [3.05, 3.63) is 108 Å². The molecule has 77 heavy (non-hydrogen) atoms. The summed E-state index contributed by atoms with van der Waals surface area (Å²) < 4.78 is 0. The van der Waals surface area contributed by atoms with Crippen LogP contribution in [0.1, 0.15) is 68.1 Å². The fraction of sp³-hybridized carbons (Fsp3) is 0.462. The Bertz CT molecular complexity index is 2380. The summed E-state index contributed by atoms with van der Waals surface area (Å²) in [4.78, 5) is 124. The zero-order valence-electron chi connectivity index (χ0n) is 43.1. The zero-order valence-corrected chi connectivity index (χ0v) is 43.1. The van der Waals surface area contributed by atoms with Gasteiger partial charge in [0.2, 0.25) is 47.3 Å². The van der Waals surface area contributed by atoms with Crippen LogP contribution in [0.25, 0.3) is 0 Å². The topological polar surface area (TPSA) is 433 Å². The minimum absolute atomic E-state index is 0.0595. The van der Waals surface area contributed by atoms with Gasteiger partial charge in [-0.1, -0.05) is 97.4 Å². The number of aliphatic hydroxyl groups excluding tert-OH is 1. The molecule has 3 aromatic rings. The lowest BCUT2D eigenvalue weighted by molar-refractivity contribution is -0.142. The number of benzene rings is 3. The first-order valence-corrected chi connectivity index (χ1v) is 25.5. The van der Waals surface area contributed by atoms with E-state index in [0.29, 0.717) is 61.9 Å². The first-order chi connectivity index (χ1) is 36.9. The fourth-order valence-corrected chi connectivity index (χ4v) is 7.68. The summed E-state index contributed by atoms with van der Waals surface area (Å²) in [7, 11) is 0. The Labute approximate surface area is 447 Å². The molecule has 0 aromatic heterocycles. The first kappa shape index (κ1) is 63.3. The van der Waals surface area contributed by atoms with Gasteiger partial charge in [0, 0.05) is 25.8 Å². The third-order valence-electron chi connectivity index (χ3n) is 11.9. The van der Waals surface area contributed by atoms with E-state index in [1.165, 1.54) is 0 Å². The number of guanidine groups is 1. The molecule has 0 spiro atoms. The summed E-state index contributed by atoms with van der Waals surface area (Å²) in [5.41, 5.74) is 29.9.